The Morgan fingerprint density at radius 2 is 1.85 bits per heavy atom. The van der Waals surface area contributed by atoms with Gasteiger partial charge in [-0.3, -0.25) is 19.1 Å². The normalized spacial score (nSPS) is 21.0. The second-order valence-corrected chi connectivity index (χ2v) is 10.6. The summed E-state index contributed by atoms with van der Waals surface area (Å²) in [5.41, 5.74) is -1.03. The van der Waals surface area contributed by atoms with E-state index in [1.165, 1.54) is 30.3 Å². The lowest BCUT2D eigenvalue weighted by molar-refractivity contribution is -0.144. The Morgan fingerprint density at radius 1 is 1.13 bits per heavy atom. The number of hydrogen-bond donors (Lipinski definition) is 0. The van der Waals surface area contributed by atoms with Crippen LogP contribution in [0.1, 0.15) is 41.3 Å². The van der Waals surface area contributed by atoms with Gasteiger partial charge in [0, 0.05) is 29.1 Å². The minimum absolute atomic E-state index is 0.0876. The first kappa shape index (κ1) is 25.3. The molecule has 0 saturated heterocycles. The standard InChI is InChI=1S/C27H23ClF2N6O3/c1-12-9-32-21(16-6-7-31-23(19(16)29)36-15(4)33-14(3)34-36)20(30)22(12)35-13(2)8-17(18(28)24(35)37)26-10-27(26,11-26)25(38)39-5/h6-9H,10-11H2,1-5H3. The molecule has 4 aromatic heterocycles. The molecule has 6 rings (SSSR count). The van der Waals surface area contributed by atoms with E-state index in [9.17, 15) is 9.59 Å². The van der Waals surface area contributed by atoms with Crippen LogP contribution >= 0.6 is 11.6 Å². The van der Waals surface area contributed by atoms with Crippen LogP contribution in [-0.2, 0) is 14.9 Å². The van der Waals surface area contributed by atoms with Crippen molar-refractivity contribution in [1.82, 2.24) is 29.3 Å². The quantitative estimate of drug-likeness (QED) is 0.341. The molecule has 2 saturated carbocycles. The van der Waals surface area contributed by atoms with Crippen molar-refractivity contribution < 1.29 is 18.3 Å². The Hall–Kier alpha value is -3.99. The van der Waals surface area contributed by atoms with E-state index in [2.05, 4.69) is 20.1 Å². The molecule has 0 atom stereocenters. The number of nitrogens with zero attached hydrogens (tertiary/aromatic N) is 6. The summed E-state index contributed by atoms with van der Waals surface area (Å²) < 4.78 is 39.3. The van der Waals surface area contributed by atoms with Gasteiger partial charge in [-0.15, -0.1) is 5.10 Å². The number of esters is 1. The minimum atomic E-state index is -0.897. The van der Waals surface area contributed by atoms with Gasteiger partial charge in [0.05, 0.1) is 18.2 Å². The average molecular weight is 553 g/mol. The van der Waals surface area contributed by atoms with E-state index in [0.29, 0.717) is 41.3 Å². The van der Waals surface area contributed by atoms with E-state index in [-0.39, 0.29) is 33.8 Å². The van der Waals surface area contributed by atoms with Crippen molar-refractivity contribution in [2.45, 2.75) is 46.0 Å². The van der Waals surface area contributed by atoms with E-state index >= 15 is 8.78 Å². The van der Waals surface area contributed by atoms with Crippen LogP contribution in [0.4, 0.5) is 8.78 Å². The fourth-order valence-electron chi connectivity index (χ4n) is 5.72. The Kier molecular flexibility index (Phi) is 5.35. The van der Waals surface area contributed by atoms with Gasteiger partial charge in [-0.2, -0.15) is 4.68 Å². The number of aromatic nitrogens is 6. The molecular weight excluding hydrogens is 530 g/mol. The third-order valence-corrected chi connectivity index (χ3v) is 8.27. The number of carbonyl (C=O) groups is 1. The summed E-state index contributed by atoms with van der Waals surface area (Å²) in [5, 5.41) is 4.08. The lowest BCUT2D eigenvalue weighted by Gasteiger charge is -2.18. The van der Waals surface area contributed by atoms with Crippen molar-refractivity contribution in [3.05, 3.63) is 80.0 Å². The molecule has 4 aromatic rings. The van der Waals surface area contributed by atoms with Crippen LogP contribution in [0.25, 0.3) is 22.8 Å². The van der Waals surface area contributed by atoms with Crippen molar-refractivity contribution in [3.8, 4) is 22.8 Å². The topological polar surface area (TPSA) is 105 Å². The van der Waals surface area contributed by atoms with E-state index in [0.717, 1.165) is 4.57 Å². The molecule has 4 heterocycles. The second kappa shape index (κ2) is 8.25. The molecule has 0 bridgehead atoms. The average Bonchev–Trinajstić information content (AvgIpc) is 3.70. The lowest BCUT2D eigenvalue weighted by atomic mass is 10.0. The zero-order chi connectivity index (χ0) is 28.0. The predicted molar refractivity (Wildman–Crippen MR) is 137 cm³/mol. The highest BCUT2D eigenvalue weighted by Gasteiger charge is 2.89. The highest BCUT2D eigenvalue weighted by molar-refractivity contribution is 6.31. The number of halogens is 3. The summed E-state index contributed by atoms with van der Waals surface area (Å²) >= 11 is 6.57. The van der Waals surface area contributed by atoms with Crippen molar-refractivity contribution in [2.75, 3.05) is 7.11 Å². The van der Waals surface area contributed by atoms with Crippen LogP contribution in [0.3, 0.4) is 0 Å². The highest BCUT2D eigenvalue weighted by atomic mass is 35.5. The van der Waals surface area contributed by atoms with Gasteiger partial charge in [0.2, 0.25) is 0 Å². The predicted octanol–water partition coefficient (Wildman–Crippen LogP) is 4.25. The molecule has 39 heavy (non-hydrogen) atoms. The third kappa shape index (κ3) is 3.35. The molecule has 2 aliphatic rings. The summed E-state index contributed by atoms with van der Waals surface area (Å²) in [7, 11) is 1.33. The molecule has 200 valence electrons. The fourth-order valence-corrected chi connectivity index (χ4v) is 6.04. The molecule has 0 N–H and O–H groups in total. The van der Waals surface area contributed by atoms with Gasteiger partial charge in [-0.1, -0.05) is 11.6 Å². The Balaban J connectivity index is 1.49. The molecule has 0 amide bonds. The summed E-state index contributed by atoms with van der Waals surface area (Å²) in [6, 6.07) is 3.02. The third-order valence-electron chi connectivity index (χ3n) is 7.90. The van der Waals surface area contributed by atoms with Crippen LogP contribution in [0, 0.1) is 44.7 Å². The molecule has 0 spiro atoms. The lowest BCUT2D eigenvalue weighted by Crippen LogP contribution is -2.25. The summed E-state index contributed by atoms with van der Waals surface area (Å²) in [4.78, 5) is 38.2. The van der Waals surface area contributed by atoms with Crippen LogP contribution < -0.4 is 5.56 Å². The largest absolute Gasteiger partial charge is 0.469 e. The van der Waals surface area contributed by atoms with E-state index in [1.807, 2.05) is 0 Å². The first-order valence-corrected chi connectivity index (χ1v) is 12.6. The number of hydrogen-bond acceptors (Lipinski definition) is 7. The molecule has 2 aliphatic carbocycles. The number of methoxy groups -OCH3 is 1. The number of aryl methyl sites for hydroxylation is 4. The Morgan fingerprint density at radius 3 is 2.49 bits per heavy atom. The van der Waals surface area contributed by atoms with Gasteiger partial charge in [0.1, 0.15) is 22.4 Å². The van der Waals surface area contributed by atoms with Crippen LogP contribution in [0.5, 0.6) is 0 Å². The summed E-state index contributed by atoms with van der Waals surface area (Å²) in [6.07, 6.45) is 3.80. The number of fused-ring (bicyclic) bond motifs is 1. The molecule has 0 unspecified atom stereocenters. The van der Waals surface area contributed by atoms with Crippen molar-refractivity contribution >= 4 is 17.6 Å². The molecule has 0 aliphatic heterocycles. The van der Waals surface area contributed by atoms with Gasteiger partial charge in [0.15, 0.2) is 17.5 Å². The maximum absolute atomic E-state index is 16.2. The molecule has 12 heteroatoms. The second-order valence-electron chi connectivity index (χ2n) is 10.2. The van der Waals surface area contributed by atoms with Crippen LogP contribution in [-0.4, -0.2) is 42.4 Å². The monoisotopic (exact) mass is 552 g/mol. The molecular formula is C27H23ClF2N6O3. The summed E-state index contributed by atoms with van der Waals surface area (Å²) in [6.45, 7) is 6.57. The zero-order valence-electron chi connectivity index (χ0n) is 21.8. The van der Waals surface area contributed by atoms with E-state index in [4.69, 9.17) is 16.3 Å². The SMILES string of the molecule is COC(=O)C12CC1(c1cc(C)n(-c3c(C)cnc(-c4ccnc(-n5nc(C)nc5C)c4F)c3F)c(=O)c1Cl)C2. The van der Waals surface area contributed by atoms with Crippen LogP contribution in [0.15, 0.2) is 29.3 Å². The van der Waals surface area contributed by atoms with Gasteiger partial charge in [0.25, 0.3) is 5.56 Å². The maximum atomic E-state index is 16.2. The van der Waals surface area contributed by atoms with Gasteiger partial charge in [-0.05, 0) is 63.8 Å². The van der Waals surface area contributed by atoms with E-state index in [1.54, 1.807) is 33.8 Å². The Bertz CT molecular complexity index is 1790. The number of carbonyl (C=O) groups excluding carboxylic acids is 1. The molecule has 2 fully saturated rings. The first-order valence-electron chi connectivity index (χ1n) is 12.2. The van der Waals surface area contributed by atoms with Gasteiger partial charge >= 0.3 is 5.97 Å². The maximum Gasteiger partial charge on any atom is 0.312 e. The fraction of sp³-hybridized carbons (Fsp3) is 0.333. The molecule has 0 aromatic carbocycles. The molecule has 0 radical (unpaired) electrons. The zero-order valence-corrected chi connectivity index (χ0v) is 22.5. The van der Waals surface area contributed by atoms with Crippen molar-refractivity contribution in [3.63, 3.8) is 0 Å². The summed E-state index contributed by atoms with van der Waals surface area (Å²) in [5.74, 6) is -1.38. The number of pyridine rings is 3. The Labute approximate surface area is 226 Å². The number of ether oxygens (including phenoxy) is 1. The first-order chi connectivity index (χ1) is 18.5. The van der Waals surface area contributed by atoms with Crippen molar-refractivity contribution in [1.29, 1.82) is 0 Å². The van der Waals surface area contributed by atoms with Crippen molar-refractivity contribution in [2.24, 2.45) is 5.41 Å². The molecule has 9 nitrogen and oxygen atoms in total. The van der Waals surface area contributed by atoms with Gasteiger partial charge < -0.3 is 4.74 Å². The number of rotatable bonds is 5. The van der Waals surface area contributed by atoms with E-state index < -0.39 is 28.0 Å². The minimum Gasteiger partial charge on any atom is -0.469 e. The smallest absolute Gasteiger partial charge is 0.312 e. The van der Waals surface area contributed by atoms with Gasteiger partial charge in [-0.25, -0.2) is 18.7 Å². The highest BCUT2D eigenvalue weighted by Crippen LogP contribution is 2.86. The van der Waals surface area contributed by atoms with Crippen LogP contribution in [0.2, 0.25) is 5.02 Å².